The lowest BCUT2D eigenvalue weighted by atomic mass is 10.0. The molecule has 2 aromatic carbocycles. The number of hydrogen-bond donors (Lipinski definition) is 1. The van der Waals surface area contributed by atoms with Crippen LogP contribution in [0.1, 0.15) is 52.8 Å². The summed E-state index contributed by atoms with van der Waals surface area (Å²) in [7, 11) is 0. The van der Waals surface area contributed by atoms with Crippen LogP contribution in [0.3, 0.4) is 0 Å². The van der Waals surface area contributed by atoms with E-state index in [-0.39, 0.29) is 23.6 Å². The molecule has 7 heteroatoms. The molecule has 0 bridgehead atoms. The van der Waals surface area contributed by atoms with Crippen LogP contribution in [0.2, 0.25) is 0 Å². The number of hydrogen-bond acceptors (Lipinski definition) is 4. The van der Waals surface area contributed by atoms with E-state index in [0.29, 0.717) is 43.0 Å². The van der Waals surface area contributed by atoms with E-state index in [1.165, 1.54) is 0 Å². The SMILES string of the molecule is O=C(Nc1ccc(N2CCN(C(=O)C3CC3)CC2)c(C(=O)N2CCCCC2)c1)c1ccccc1. The molecular weight excluding hydrogens is 428 g/mol. The van der Waals surface area contributed by atoms with Crippen molar-refractivity contribution >= 4 is 29.1 Å². The molecule has 1 aliphatic carbocycles. The highest BCUT2D eigenvalue weighted by Gasteiger charge is 2.35. The maximum absolute atomic E-state index is 13.6. The maximum Gasteiger partial charge on any atom is 0.256 e. The lowest BCUT2D eigenvalue weighted by Crippen LogP contribution is -2.49. The van der Waals surface area contributed by atoms with Gasteiger partial charge in [-0.25, -0.2) is 0 Å². The van der Waals surface area contributed by atoms with E-state index in [4.69, 9.17) is 0 Å². The summed E-state index contributed by atoms with van der Waals surface area (Å²) < 4.78 is 0. The molecule has 0 radical (unpaired) electrons. The standard InChI is InChI=1S/C27H32N4O3/c32-25(20-7-3-1-4-8-20)28-22-11-12-24(23(19-22)27(34)30-13-5-2-6-14-30)29-15-17-31(18-16-29)26(33)21-9-10-21/h1,3-4,7-8,11-12,19,21H,2,5-6,9-10,13-18H2,(H,28,32). The zero-order valence-electron chi connectivity index (χ0n) is 19.5. The van der Waals surface area contributed by atoms with Crippen molar-refractivity contribution in [3.8, 4) is 0 Å². The number of piperidine rings is 1. The van der Waals surface area contributed by atoms with Crippen molar-refractivity contribution in [1.82, 2.24) is 9.80 Å². The minimum atomic E-state index is -0.197. The Bertz CT molecular complexity index is 1050. The Hall–Kier alpha value is -3.35. The van der Waals surface area contributed by atoms with Gasteiger partial charge in [0.1, 0.15) is 0 Å². The smallest absolute Gasteiger partial charge is 0.256 e. The molecule has 0 aromatic heterocycles. The molecule has 0 unspecified atom stereocenters. The Morgan fingerprint density at radius 1 is 0.765 bits per heavy atom. The van der Waals surface area contributed by atoms with E-state index in [1.807, 2.05) is 46.2 Å². The molecule has 178 valence electrons. The fraction of sp³-hybridized carbons (Fsp3) is 0.444. The molecule has 3 fully saturated rings. The van der Waals surface area contributed by atoms with Crippen molar-refractivity contribution in [2.24, 2.45) is 5.92 Å². The van der Waals surface area contributed by atoms with Gasteiger partial charge >= 0.3 is 0 Å². The van der Waals surface area contributed by atoms with Gasteiger partial charge in [0.15, 0.2) is 0 Å². The summed E-state index contributed by atoms with van der Waals surface area (Å²) in [6.45, 7) is 4.30. The third kappa shape index (κ3) is 4.93. The fourth-order valence-electron chi connectivity index (χ4n) is 4.88. The van der Waals surface area contributed by atoms with Gasteiger partial charge in [-0.05, 0) is 62.4 Å². The zero-order valence-corrected chi connectivity index (χ0v) is 19.5. The number of carbonyl (C=O) groups is 3. The van der Waals surface area contributed by atoms with Crippen molar-refractivity contribution in [2.75, 3.05) is 49.5 Å². The molecular formula is C27H32N4O3. The van der Waals surface area contributed by atoms with Gasteiger partial charge in [0.25, 0.3) is 11.8 Å². The molecule has 1 N–H and O–H groups in total. The molecule has 34 heavy (non-hydrogen) atoms. The summed E-state index contributed by atoms with van der Waals surface area (Å²) in [6, 6.07) is 14.7. The summed E-state index contributed by atoms with van der Waals surface area (Å²) in [5, 5.41) is 2.95. The molecule has 0 spiro atoms. The van der Waals surface area contributed by atoms with E-state index < -0.39 is 0 Å². The predicted molar refractivity (Wildman–Crippen MR) is 132 cm³/mol. The van der Waals surface area contributed by atoms with E-state index in [1.54, 1.807) is 12.1 Å². The Labute approximate surface area is 200 Å². The molecule has 7 nitrogen and oxygen atoms in total. The summed E-state index contributed by atoms with van der Waals surface area (Å²) in [5.41, 5.74) is 2.69. The van der Waals surface area contributed by atoms with Gasteiger partial charge < -0.3 is 20.0 Å². The van der Waals surface area contributed by atoms with Crippen LogP contribution in [0.4, 0.5) is 11.4 Å². The first-order chi connectivity index (χ1) is 16.6. The first-order valence-electron chi connectivity index (χ1n) is 12.4. The van der Waals surface area contributed by atoms with Crippen LogP contribution >= 0.6 is 0 Å². The predicted octanol–water partition coefficient (Wildman–Crippen LogP) is 3.62. The number of likely N-dealkylation sites (tertiary alicyclic amines) is 1. The molecule has 0 atom stereocenters. The lowest BCUT2D eigenvalue weighted by molar-refractivity contribution is -0.132. The number of nitrogens with one attached hydrogen (secondary N) is 1. The van der Waals surface area contributed by atoms with Crippen molar-refractivity contribution in [1.29, 1.82) is 0 Å². The molecule has 2 heterocycles. The summed E-state index contributed by atoms with van der Waals surface area (Å²) >= 11 is 0. The Kier molecular flexibility index (Phi) is 6.52. The van der Waals surface area contributed by atoms with E-state index in [9.17, 15) is 14.4 Å². The monoisotopic (exact) mass is 460 g/mol. The Morgan fingerprint density at radius 3 is 2.15 bits per heavy atom. The van der Waals surface area contributed by atoms with E-state index >= 15 is 0 Å². The van der Waals surface area contributed by atoms with Gasteiger partial charge in [-0.1, -0.05) is 18.2 Å². The third-order valence-corrected chi connectivity index (χ3v) is 7.02. The summed E-state index contributed by atoms with van der Waals surface area (Å²) in [4.78, 5) is 44.8. The molecule has 5 rings (SSSR count). The minimum Gasteiger partial charge on any atom is -0.367 e. The third-order valence-electron chi connectivity index (χ3n) is 7.02. The van der Waals surface area contributed by atoms with Gasteiger partial charge in [-0.3, -0.25) is 14.4 Å². The molecule has 2 aromatic rings. The van der Waals surface area contributed by atoms with E-state index in [2.05, 4.69) is 10.2 Å². The molecule has 1 saturated carbocycles. The van der Waals surface area contributed by atoms with Crippen LogP contribution in [0.25, 0.3) is 0 Å². The number of anilines is 2. The largest absolute Gasteiger partial charge is 0.367 e. The van der Waals surface area contributed by atoms with Crippen molar-refractivity contribution in [2.45, 2.75) is 32.1 Å². The highest BCUT2D eigenvalue weighted by molar-refractivity contribution is 6.06. The molecule has 3 amide bonds. The number of rotatable bonds is 5. The van der Waals surface area contributed by atoms with Crippen LogP contribution in [0.15, 0.2) is 48.5 Å². The highest BCUT2D eigenvalue weighted by Crippen LogP contribution is 2.32. The van der Waals surface area contributed by atoms with Gasteiger partial charge in [-0.15, -0.1) is 0 Å². The quantitative estimate of drug-likeness (QED) is 0.740. The van der Waals surface area contributed by atoms with Crippen LogP contribution in [0.5, 0.6) is 0 Å². The normalized spacial score (nSPS) is 18.5. The average Bonchev–Trinajstić information content (AvgIpc) is 3.75. The average molecular weight is 461 g/mol. The summed E-state index contributed by atoms with van der Waals surface area (Å²) in [6.07, 6.45) is 5.23. The first-order valence-corrected chi connectivity index (χ1v) is 12.4. The van der Waals surface area contributed by atoms with Crippen molar-refractivity contribution in [3.05, 3.63) is 59.7 Å². The van der Waals surface area contributed by atoms with Gasteiger partial charge in [0, 0.05) is 62.1 Å². The topological polar surface area (TPSA) is 73.0 Å². The second-order valence-electron chi connectivity index (χ2n) is 9.49. The maximum atomic E-state index is 13.6. The fourth-order valence-corrected chi connectivity index (χ4v) is 4.88. The Morgan fingerprint density at radius 2 is 1.47 bits per heavy atom. The number of carbonyl (C=O) groups excluding carboxylic acids is 3. The first kappa shape index (κ1) is 22.4. The highest BCUT2D eigenvalue weighted by atomic mass is 16.2. The number of nitrogens with zero attached hydrogens (tertiary/aromatic N) is 3. The zero-order chi connectivity index (χ0) is 23.5. The minimum absolute atomic E-state index is 0.0157. The lowest BCUT2D eigenvalue weighted by Gasteiger charge is -2.37. The number of amides is 3. The van der Waals surface area contributed by atoms with E-state index in [0.717, 1.165) is 50.9 Å². The van der Waals surface area contributed by atoms with Crippen molar-refractivity contribution < 1.29 is 14.4 Å². The number of piperazine rings is 1. The molecule has 3 aliphatic rings. The molecule has 2 saturated heterocycles. The van der Waals surface area contributed by atoms with Crippen LogP contribution in [0, 0.1) is 5.92 Å². The second-order valence-corrected chi connectivity index (χ2v) is 9.49. The van der Waals surface area contributed by atoms with Crippen LogP contribution in [-0.2, 0) is 4.79 Å². The second kappa shape index (κ2) is 9.87. The van der Waals surface area contributed by atoms with Crippen LogP contribution < -0.4 is 10.2 Å². The molecule has 2 aliphatic heterocycles. The summed E-state index contributed by atoms with van der Waals surface area (Å²) in [5.74, 6) is 0.331. The van der Waals surface area contributed by atoms with Gasteiger partial charge in [0.05, 0.1) is 5.56 Å². The van der Waals surface area contributed by atoms with Gasteiger partial charge in [0.2, 0.25) is 5.91 Å². The Balaban J connectivity index is 1.37. The number of benzene rings is 2. The van der Waals surface area contributed by atoms with Crippen molar-refractivity contribution in [3.63, 3.8) is 0 Å². The van der Waals surface area contributed by atoms with Gasteiger partial charge in [-0.2, -0.15) is 0 Å². The van der Waals surface area contributed by atoms with Crippen LogP contribution in [-0.4, -0.2) is 66.8 Å².